The molecule has 32 heavy (non-hydrogen) atoms. The number of hydrogen-bond donors (Lipinski definition) is 2. The second-order valence-electron chi connectivity index (χ2n) is 9.06. The van der Waals surface area contributed by atoms with Gasteiger partial charge in [-0.3, -0.25) is 14.5 Å². The van der Waals surface area contributed by atoms with Crippen LogP contribution in [0, 0.1) is 0 Å². The molecular weight excluding hydrogens is 402 g/mol. The van der Waals surface area contributed by atoms with Gasteiger partial charge in [-0.1, -0.05) is 12.2 Å². The fourth-order valence-electron chi connectivity index (χ4n) is 5.31. The Labute approximate surface area is 188 Å². The van der Waals surface area contributed by atoms with E-state index in [4.69, 9.17) is 0 Å². The average Bonchev–Trinajstić information content (AvgIpc) is 3.34. The number of aryl methyl sites for hydroxylation is 1. The Kier molecular flexibility index (Phi) is 5.83. The number of carbonyl (C=O) groups excluding carboxylic acids is 1. The summed E-state index contributed by atoms with van der Waals surface area (Å²) < 4.78 is 0. The third-order valence-electron chi connectivity index (χ3n) is 7.19. The minimum atomic E-state index is -0.163. The summed E-state index contributed by atoms with van der Waals surface area (Å²) >= 11 is 0. The van der Waals surface area contributed by atoms with Crippen LogP contribution in [0.5, 0.6) is 0 Å². The van der Waals surface area contributed by atoms with E-state index in [9.17, 15) is 9.59 Å². The molecule has 2 unspecified atom stereocenters. The van der Waals surface area contributed by atoms with Crippen LogP contribution in [-0.4, -0.2) is 60.0 Å². The number of hydrogen-bond acceptors (Lipinski definition) is 5. The fraction of sp³-hybridized carbons (Fsp3) is 0.480. The third-order valence-corrected chi connectivity index (χ3v) is 7.19. The summed E-state index contributed by atoms with van der Waals surface area (Å²) in [6.45, 7) is 3.84. The smallest absolute Gasteiger partial charge is 0.269 e. The Hall–Kier alpha value is -2.93. The summed E-state index contributed by atoms with van der Waals surface area (Å²) in [6, 6.07) is 6.42. The quantitative estimate of drug-likeness (QED) is 0.723. The molecule has 0 saturated carbocycles. The van der Waals surface area contributed by atoms with Crippen molar-refractivity contribution in [2.24, 2.45) is 0 Å². The van der Waals surface area contributed by atoms with Crippen LogP contribution >= 0.6 is 0 Å². The molecule has 5 rings (SSSR count). The van der Waals surface area contributed by atoms with Gasteiger partial charge in [-0.05, 0) is 55.9 Å². The topological polar surface area (TPSA) is 81.3 Å². The van der Waals surface area contributed by atoms with Gasteiger partial charge >= 0.3 is 0 Å². The fourth-order valence-corrected chi connectivity index (χ4v) is 5.31. The highest BCUT2D eigenvalue weighted by Gasteiger charge is 2.29. The largest absolute Gasteiger partial charge is 0.368 e. The number of nitrogens with zero attached hydrogens (tertiary/aromatic N) is 3. The van der Waals surface area contributed by atoms with Crippen molar-refractivity contribution in [2.45, 2.75) is 44.1 Å². The number of allylic oxidation sites excluding steroid dienone is 1. The Morgan fingerprint density at radius 1 is 1.12 bits per heavy atom. The molecule has 2 aromatic rings. The third kappa shape index (κ3) is 4.09. The average molecular weight is 434 g/mol. The highest BCUT2D eigenvalue weighted by atomic mass is 16.1. The van der Waals surface area contributed by atoms with Gasteiger partial charge in [0.15, 0.2) is 0 Å². The van der Waals surface area contributed by atoms with E-state index in [-0.39, 0.29) is 11.5 Å². The van der Waals surface area contributed by atoms with Crippen molar-refractivity contribution in [3.63, 3.8) is 0 Å². The predicted octanol–water partition coefficient (Wildman–Crippen LogP) is 2.24. The van der Waals surface area contributed by atoms with Crippen LogP contribution in [0.4, 0.5) is 5.69 Å². The molecule has 1 fully saturated rings. The first-order valence-corrected chi connectivity index (χ1v) is 11.7. The lowest BCUT2D eigenvalue weighted by Crippen LogP contribution is -2.49. The monoisotopic (exact) mass is 433 g/mol. The van der Waals surface area contributed by atoms with Gasteiger partial charge in [-0.15, -0.1) is 0 Å². The van der Waals surface area contributed by atoms with E-state index in [2.05, 4.69) is 43.3 Å². The second kappa shape index (κ2) is 8.90. The molecule has 7 nitrogen and oxygen atoms in total. The summed E-state index contributed by atoms with van der Waals surface area (Å²) in [7, 11) is 1.61. The molecule has 0 spiro atoms. The number of rotatable bonds is 4. The van der Waals surface area contributed by atoms with Gasteiger partial charge < -0.3 is 15.2 Å². The van der Waals surface area contributed by atoms with Crippen molar-refractivity contribution in [1.29, 1.82) is 0 Å². The number of carbonyl (C=O) groups is 1. The zero-order valence-corrected chi connectivity index (χ0v) is 18.6. The van der Waals surface area contributed by atoms with Gasteiger partial charge in [0.05, 0.1) is 11.9 Å². The van der Waals surface area contributed by atoms with Crippen molar-refractivity contribution in [3.05, 3.63) is 69.4 Å². The Bertz CT molecular complexity index is 1070. The number of anilines is 1. The van der Waals surface area contributed by atoms with Gasteiger partial charge in [0.1, 0.15) is 5.69 Å². The highest BCUT2D eigenvalue weighted by Crippen LogP contribution is 2.32. The van der Waals surface area contributed by atoms with E-state index >= 15 is 0 Å². The lowest BCUT2D eigenvalue weighted by atomic mass is 9.90. The zero-order chi connectivity index (χ0) is 22.1. The number of fused-ring (bicyclic) bond motifs is 1. The Balaban J connectivity index is 1.19. The summed E-state index contributed by atoms with van der Waals surface area (Å²) in [4.78, 5) is 36.6. The van der Waals surface area contributed by atoms with Crippen LogP contribution in [0.3, 0.4) is 0 Å². The van der Waals surface area contributed by atoms with Crippen molar-refractivity contribution >= 4 is 11.6 Å². The summed E-state index contributed by atoms with van der Waals surface area (Å²) in [6.07, 6.45) is 11.7. The van der Waals surface area contributed by atoms with Crippen molar-refractivity contribution in [3.8, 4) is 0 Å². The standard InChI is InChI=1S/C25H31N5O2/c1-26-25(32)22-9-8-20(16-27-22)30-12-10-29(11-13-30)19-7-6-18(14-19)23-15-17-4-2-3-5-21(17)24(31)28-23/h6-9,15-16,18-19H,2-5,10-14H2,1H3,(H,26,32)(H,28,31). The van der Waals surface area contributed by atoms with E-state index in [1.807, 2.05) is 6.07 Å². The number of aromatic amines is 1. The Morgan fingerprint density at radius 2 is 1.94 bits per heavy atom. The molecule has 1 aliphatic heterocycles. The normalized spacial score (nSPS) is 23.2. The lowest BCUT2D eigenvalue weighted by molar-refractivity contribution is 0.0958. The lowest BCUT2D eigenvalue weighted by Gasteiger charge is -2.38. The maximum Gasteiger partial charge on any atom is 0.269 e. The minimum Gasteiger partial charge on any atom is -0.368 e. The molecule has 1 saturated heterocycles. The maximum atomic E-state index is 12.5. The second-order valence-corrected chi connectivity index (χ2v) is 9.06. The van der Waals surface area contributed by atoms with Gasteiger partial charge in [0.25, 0.3) is 11.5 Å². The van der Waals surface area contributed by atoms with Crippen molar-refractivity contribution in [1.82, 2.24) is 20.2 Å². The molecule has 3 aliphatic rings. The van der Waals surface area contributed by atoms with Crippen molar-refractivity contribution in [2.75, 3.05) is 38.1 Å². The van der Waals surface area contributed by atoms with Crippen molar-refractivity contribution < 1.29 is 4.79 Å². The first-order valence-electron chi connectivity index (χ1n) is 11.7. The van der Waals surface area contributed by atoms with Crippen LogP contribution in [0.1, 0.15) is 52.5 Å². The molecule has 2 aromatic heterocycles. The molecule has 2 N–H and O–H groups in total. The van der Waals surface area contributed by atoms with E-state index in [0.717, 1.165) is 68.8 Å². The first kappa shape index (κ1) is 20.9. The first-order chi connectivity index (χ1) is 15.6. The zero-order valence-electron chi connectivity index (χ0n) is 18.6. The number of amides is 1. The van der Waals surface area contributed by atoms with Crippen LogP contribution in [0.25, 0.3) is 0 Å². The van der Waals surface area contributed by atoms with Gasteiger partial charge in [-0.25, -0.2) is 4.98 Å². The molecule has 2 atom stereocenters. The molecule has 1 amide bonds. The SMILES string of the molecule is CNC(=O)c1ccc(N2CCN(C3C=CC(c4cc5c(c(=O)[nH]4)CCCC5)C3)CC2)cn1. The summed E-state index contributed by atoms with van der Waals surface area (Å²) in [5.41, 5.74) is 4.97. The number of H-pyrrole nitrogens is 1. The van der Waals surface area contributed by atoms with E-state index in [0.29, 0.717) is 17.7 Å². The summed E-state index contributed by atoms with van der Waals surface area (Å²) in [5, 5.41) is 2.60. The van der Waals surface area contributed by atoms with Gasteiger partial charge in [0.2, 0.25) is 0 Å². The van der Waals surface area contributed by atoms with Crippen LogP contribution in [0.2, 0.25) is 0 Å². The summed E-state index contributed by atoms with van der Waals surface area (Å²) in [5.74, 6) is 0.128. The predicted molar refractivity (Wildman–Crippen MR) is 125 cm³/mol. The van der Waals surface area contributed by atoms with E-state index in [1.165, 1.54) is 12.0 Å². The maximum absolute atomic E-state index is 12.5. The van der Waals surface area contributed by atoms with Gasteiger partial charge in [0, 0.05) is 56.4 Å². The molecule has 0 bridgehead atoms. The van der Waals surface area contributed by atoms with Gasteiger partial charge in [-0.2, -0.15) is 0 Å². The molecule has 0 radical (unpaired) electrons. The molecule has 7 heteroatoms. The Morgan fingerprint density at radius 3 is 2.69 bits per heavy atom. The molecule has 2 aliphatic carbocycles. The van der Waals surface area contributed by atoms with E-state index in [1.54, 1.807) is 19.3 Å². The van der Waals surface area contributed by atoms with Crippen LogP contribution in [0.15, 0.2) is 41.3 Å². The minimum absolute atomic E-state index is 0.124. The number of nitrogens with one attached hydrogen (secondary N) is 2. The molecular formula is C25H31N5O2. The highest BCUT2D eigenvalue weighted by molar-refractivity contribution is 5.92. The number of piperazine rings is 1. The van der Waals surface area contributed by atoms with Crippen LogP contribution < -0.4 is 15.8 Å². The molecule has 168 valence electrons. The van der Waals surface area contributed by atoms with E-state index < -0.39 is 0 Å². The van der Waals surface area contributed by atoms with Crippen LogP contribution in [-0.2, 0) is 12.8 Å². The number of pyridine rings is 2. The molecule has 0 aromatic carbocycles. The molecule has 3 heterocycles. The number of aromatic nitrogens is 2.